The first kappa shape index (κ1) is 15.9. The maximum atomic E-state index is 5.94. The average Bonchev–Trinajstić information content (AvgIpc) is 2.42. The van der Waals surface area contributed by atoms with Crippen molar-refractivity contribution >= 4 is 0 Å². The highest BCUT2D eigenvalue weighted by Gasteiger charge is 2.40. The molecule has 1 rings (SSSR count). The molecule has 1 aliphatic rings. The maximum absolute atomic E-state index is 5.94. The van der Waals surface area contributed by atoms with E-state index in [1.54, 1.807) is 0 Å². The van der Waals surface area contributed by atoms with Gasteiger partial charge in [-0.1, -0.05) is 40.0 Å². The number of likely N-dealkylation sites (N-methyl/N-ethyl adjacent to an activating group) is 1. The summed E-state index contributed by atoms with van der Waals surface area (Å²) in [6, 6.07) is 0.419. The molecule has 0 bridgehead atoms. The Bertz CT molecular complexity index is 222. The van der Waals surface area contributed by atoms with Gasteiger partial charge in [-0.15, -0.1) is 0 Å². The van der Waals surface area contributed by atoms with Crippen molar-refractivity contribution in [3.8, 4) is 0 Å². The summed E-state index contributed by atoms with van der Waals surface area (Å²) in [5, 5.41) is 0. The number of nitrogens with one attached hydrogen (secondary N) is 1. The molecule has 3 heteroatoms. The second-order valence-corrected chi connectivity index (χ2v) is 5.93. The number of rotatable bonds is 7. The van der Waals surface area contributed by atoms with Crippen LogP contribution < -0.4 is 11.3 Å². The molecule has 2 unspecified atom stereocenters. The van der Waals surface area contributed by atoms with Crippen LogP contribution in [-0.4, -0.2) is 29.6 Å². The van der Waals surface area contributed by atoms with Crippen molar-refractivity contribution in [3.05, 3.63) is 0 Å². The van der Waals surface area contributed by atoms with Crippen molar-refractivity contribution in [1.82, 2.24) is 10.3 Å². The molecule has 0 saturated heterocycles. The lowest BCUT2D eigenvalue weighted by molar-refractivity contribution is 0.0365. The first-order valence-electron chi connectivity index (χ1n) is 7.85. The number of nitrogens with two attached hydrogens (primary N) is 1. The molecule has 0 aliphatic heterocycles. The summed E-state index contributed by atoms with van der Waals surface area (Å²) in [7, 11) is 0. The van der Waals surface area contributed by atoms with Crippen LogP contribution in [0.3, 0.4) is 0 Å². The molecule has 0 spiro atoms. The van der Waals surface area contributed by atoms with Crippen LogP contribution in [-0.2, 0) is 0 Å². The molecule has 18 heavy (non-hydrogen) atoms. The second kappa shape index (κ2) is 7.46. The van der Waals surface area contributed by atoms with Gasteiger partial charge < -0.3 is 0 Å². The predicted molar refractivity (Wildman–Crippen MR) is 79.3 cm³/mol. The van der Waals surface area contributed by atoms with Gasteiger partial charge in [0, 0.05) is 11.6 Å². The summed E-state index contributed by atoms with van der Waals surface area (Å²) in [5.74, 6) is 6.68. The molecular weight excluding hydrogens is 222 g/mol. The fourth-order valence-corrected chi connectivity index (χ4v) is 3.88. The van der Waals surface area contributed by atoms with Gasteiger partial charge in [0.05, 0.1) is 0 Å². The van der Waals surface area contributed by atoms with Gasteiger partial charge in [-0.25, -0.2) is 0 Å². The van der Waals surface area contributed by atoms with Crippen LogP contribution in [0.5, 0.6) is 0 Å². The fraction of sp³-hybridized carbons (Fsp3) is 1.00. The molecule has 0 amide bonds. The Labute approximate surface area is 113 Å². The Morgan fingerprint density at radius 3 is 2.11 bits per heavy atom. The van der Waals surface area contributed by atoms with E-state index in [4.69, 9.17) is 5.84 Å². The molecule has 0 radical (unpaired) electrons. The minimum Gasteiger partial charge on any atom is -0.297 e. The smallest absolute Gasteiger partial charge is 0.0420 e. The van der Waals surface area contributed by atoms with Crippen LogP contribution >= 0.6 is 0 Å². The van der Waals surface area contributed by atoms with Gasteiger partial charge in [0.2, 0.25) is 0 Å². The summed E-state index contributed by atoms with van der Waals surface area (Å²) in [6.07, 6.45) is 7.99. The summed E-state index contributed by atoms with van der Waals surface area (Å²) in [5.41, 5.74) is 3.35. The Kier molecular flexibility index (Phi) is 6.61. The summed E-state index contributed by atoms with van der Waals surface area (Å²) >= 11 is 0. The van der Waals surface area contributed by atoms with Crippen LogP contribution in [0, 0.1) is 5.92 Å². The van der Waals surface area contributed by atoms with Gasteiger partial charge >= 0.3 is 0 Å². The van der Waals surface area contributed by atoms with Crippen LogP contribution in [0.1, 0.15) is 66.2 Å². The third-order valence-electron chi connectivity index (χ3n) is 5.17. The molecule has 3 nitrogen and oxygen atoms in total. The maximum Gasteiger partial charge on any atom is 0.0420 e. The fourth-order valence-electron chi connectivity index (χ4n) is 3.88. The first-order valence-corrected chi connectivity index (χ1v) is 7.85. The monoisotopic (exact) mass is 255 g/mol. The van der Waals surface area contributed by atoms with E-state index in [2.05, 4.69) is 38.0 Å². The molecule has 0 aromatic carbocycles. The molecular formula is C15H33N3. The van der Waals surface area contributed by atoms with E-state index < -0.39 is 0 Å². The number of hydrazine groups is 1. The molecule has 0 heterocycles. The summed E-state index contributed by atoms with van der Waals surface area (Å²) < 4.78 is 0. The van der Waals surface area contributed by atoms with Crippen molar-refractivity contribution < 1.29 is 0 Å². The van der Waals surface area contributed by atoms with E-state index >= 15 is 0 Å². The van der Waals surface area contributed by atoms with Gasteiger partial charge in [0.1, 0.15) is 0 Å². The summed E-state index contributed by atoms with van der Waals surface area (Å²) in [4.78, 5) is 2.58. The minimum atomic E-state index is 0.181. The molecule has 1 aliphatic carbocycles. The van der Waals surface area contributed by atoms with Gasteiger partial charge in [-0.3, -0.25) is 16.2 Å². The predicted octanol–water partition coefficient (Wildman–Crippen LogP) is 2.91. The van der Waals surface area contributed by atoms with Crippen molar-refractivity contribution in [2.45, 2.75) is 77.8 Å². The van der Waals surface area contributed by atoms with Gasteiger partial charge in [-0.2, -0.15) is 0 Å². The number of hydrogen-bond donors (Lipinski definition) is 2. The second-order valence-electron chi connectivity index (χ2n) is 5.93. The zero-order chi connectivity index (χ0) is 13.6. The van der Waals surface area contributed by atoms with E-state index in [0.717, 1.165) is 25.4 Å². The zero-order valence-corrected chi connectivity index (χ0v) is 12.8. The van der Waals surface area contributed by atoms with Gasteiger partial charge in [0.15, 0.2) is 0 Å². The lowest BCUT2D eigenvalue weighted by Crippen LogP contribution is -2.63. The van der Waals surface area contributed by atoms with Crippen LogP contribution in [0.4, 0.5) is 0 Å². The van der Waals surface area contributed by atoms with Crippen LogP contribution in [0.15, 0.2) is 0 Å². The molecule has 0 aromatic heterocycles. The van der Waals surface area contributed by atoms with Gasteiger partial charge in [-0.05, 0) is 45.2 Å². The molecule has 0 aromatic rings. The third kappa shape index (κ3) is 3.25. The quantitative estimate of drug-likeness (QED) is 0.543. The Morgan fingerprint density at radius 2 is 1.72 bits per heavy atom. The molecule has 2 atom stereocenters. The standard InChI is InChI=1S/C15H33N3/c1-5-15(4,18(6-2)7-3)14(17-16)13-11-9-8-10-12-13/h13-14,17H,5-12,16H2,1-4H3. The van der Waals surface area contributed by atoms with E-state index in [9.17, 15) is 0 Å². The van der Waals surface area contributed by atoms with Crippen molar-refractivity contribution in [2.24, 2.45) is 11.8 Å². The van der Waals surface area contributed by atoms with Crippen molar-refractivity contribution in [3.63, 3.8) is 0 Å². The highest BCUT2D eigenvalue weighted by atomic mass is 15.3. The first-order chi connectivity index (χ1) is 8.63. The highest BCUT2D eigenvalue weighted by Crippen LogP contribution is 2.35. The largest absolute Gasteiger partial charge is 0.297 e. The lowest BCUT2D eigenvalue weighted by Gasteiger charge is -2.49. The van der Waals surface area contributed by atoms with E-state index in [0.29, 0.717) is 6.04 Å². The van der Waals surface area contributed by atoms with Crippen LogP contribution in [0.2, 0.25) is 0 Å². The van der Waals surface area contributed by atoms with E-state index in [1.807, 2.05) is 0 Å². The summed E-state index contributed by atoms with van der Waals surface area (Å²) in [6.45, 7) is 11.4. The Hall–Kier alpha value is -0.120. The van der Waals surface area contributed by atoms with Gasteiger partial charge in [0.25, 0.3) is 0 Å². The van der Waals surface area contributed by atoms with Crippen molar-refractivity contribution in [2.75, 3.05) is 13.1 Å². The molecule has 1 saturated carbocycles. The number of nitrogens with zero attached hydrogens (tertiary/aromatic N) is 1. The Morgan fingerprint density at radius 1 is 1.17 bits per heavy atom. The number of hydrogen-bond acceptors (Lipinski definition) is 3. The van der Waals surface area contributed by atoms with Crippen LogP contribution in [0.25, 0.3) is 0 Å². The lowest BCUT2D eigenvalue weighted by atomic mass is 9.74. The SMILES string of the molecule is CCN(CC)C(C)(CC)C(NN)C1CCCCC1. The van der Waals surface area contributed by atoms with E-state index in [-0.39, 0.29) is 5.54 Å². The average molecular weight is 255 g/mol. The molecule has 1 fully saturated rings. The topological polar surface area (TPSA) is 41.3 Å². The molecule has 3 N–H and O–H groups in total. The minimum absolute atomic E-state index is 0.181. The molecule has 108 valence electrons. The Balaban J connectivity index is 2.86. The highest BCUT2D eigenvalue weighted by molar-refractivity contribution is 4.98. The van der Waals surface area contributed by atoms with E-state index in [1.165, 1.54) is 32.1 Å². The third-order valence-corrected chi connectivity index (χ3v) is 5.17. The zero-order valence-electron chi connectivity index (χ0n) is 12.8. The normalized spacial score (nSPS) is 23.0. The van der Waals surface area contributed by atoms with Crippen molar-refractivity contribution in [1.29, 1.82) is 0 Å².